The lowest BCUT2D eigenvalue weighted by molar-refractivity contribution is -0.131. The van der Waals surface area contributed by atoms with E-state index in [0.29, 0.717) is 11.6 Å². The van der Waals surface area contributed by atoms with Crippen molar-refractivity contribution < 1.29 is 9.90 Å². The van der Waals surface area contributed by atoms with Crippen molar-refractivity contribution >= 4 is 23.8 Å². The number of aliphatic imine (C=N–C) groups is 1. The Labute approximate surface area is 110 Å². The maximum Gasteiger partial charge on any atom is 0.328 e. The molecule has 0 saturated carbocycles. The number of hydrogen-bond donors (Lipinski definition) is 1. The molecule has 1 unspecified atom stereocenters. The molecule has 0 bridgehead atoms. The van der Waals surface area contributed by atoms with E-state index in [-0.39, 0.29) is 0 Å². The maximum atomic E-state index is 10.7. The van der Waals surface area contributed by atoms with Crippen LogP contribution in [0.25, 0.3) is 0 Å². The van der Waals surface area contributed by atoms with Crippen LogP contribution < -0.4 is 0 Å². The van der Waals surface area contributed by atoms with Gasteiger partial charge in [-0.2, -0.15) is 0 Å². The van der Waals surface area contributed by atoms with Crippen LogP contribution in [0.2, 0.25) is 5.02 Å². The number of halogens is 1. The molecule has 1 aliphatic heterocycles. The quantitative estimate of drug-likeness (QED) is 0.851. The number of carboxylic acids is 1. The smallest absolute Gasteiger partial charge is 0.328 e. The van der Waals surface area contributed by atoms with Gasteiger partial charge in [-0.05, 0) is 23.8 Å². The molecule has 0 fully saturated rings. The first kappa shape index (κ1) is 12.6. The van der Waals surface area contributed by atoms with Gasteiger partial charge in [-0.25, -0.2) is 4.79 Å². The maximum absolute atomic E-state index is 10.7. The summed E-state index contributed by atoms with van der Waals surface area (Å²) in [6.07, 6.45) is 8.25. The first-order chi connectivity index (χ1) is 8.62. The van der Waals surface area contributed by atoms with E-state index < -0.39 is 11.4 Å². The highest BCUT2D eigenvalue weighted by molar-refractivity contribution is 6.30. The summed E-state index contributed by atoms with van der Waals surface area (Å²) in [4.78, 5) is 14.9. The molecule has 0 amide bonds. The Hall–Kier alpha value is -1.87. The fourth-order valence-electron chi connectivity index (χ4n) is 1.92. The summed E-state index contributed by atoms with van der Waals surface area (Å²) >= 11 is 5.99. The zero-order valence-corrected chi connectivity index (χ0v) is 10.3. The van der Waals surface area contributed by atoms with E-state index >= 15 is 0 Å². The molecule has 1 aromatic carbocycles. The highest BCUT2D eigenvalue weighted by Gasteiger charge is 2.27. The van der Waals surface area contributed by atoms with Crippen LogP contribution in [0.4, 0.5) is 0 Å². The third-order valence-corrected chi connectivity index (χ3v) is 3.06. The molecular weight excluding hydrogens is 250 g/mol. The van der Waals surface area contributed by atoms with Crippen LogP contribution in [0.1, 0.15) is 5.56 Å². The number of nitrogens with zero attached hydrogens (tertiary/aromatic N) is 1. The van der Waals surface area contributed by atoms with E-state index in [2.05, 4.69) is 4.99 Å². The summed E-state index contributed by atoms with van der Waals surface area (Å²) in [5.74, 6) is -0.973. The van der Waals surface area contributed by atoms with E-state index in [4.69, 9.17) is 16.7 Å². The Morgan fingerprint density at radius 1 is 1.50 bits per heavy atom. The summed E-state index contributed by atoms with van der Waals surface area (Å²) in [6.45, 7) is 0.480. The zero-order valence-electron chi connectivity index (χ0n) is 9.58. The predicted octanol–water partition coefficient (Wildman–Crippen LogP) is 2.86. The van der Waals surface area contributed by atoms with Gasteiger partial charge in [0.05, 0.1) is 12.0 Å². The highest BCUT2D eigenvalue weighted by Crippen LogP contribution is 2.31. The van der Waals surface area contributed by atoms with Crippen LogP contribution >= 0.6 is 11.6 Å². The average molecular weight is 262 g/mol. The van der Waals surface area contributed by atoms with Crippen LogP contribution in [-0.2, 0) is 10.2 Å². The highest BCUT2D eigenvalue weighted by atomic mass is 35.5. The summed E-state index contributed by atoms with van der Waals surface area (Å²) in [6, 6.07) is 7.39. The lowest BCUT2D eigenvalue weighted by Crippen LogP contribution is -2.27. The molecule has 2 rings (SSSR count). The monoisotopic (exact) mass is 261 g/mol. The van der Waals surface area contributed by atoms with Crippen molar-refractivity contribution in [1.29, 1.82) is 0 Å². The average Bonchev–Trinajstić information content (AvgIpc) is 2.37. The zero-order chi connectivity index (χ0) is 13.0. The van der Waals surface area contributed by atoms with Crippen LogP contribution in [0.5, 0.6) is 0 Å². The Balaban J connectivity index is 2.46. The van der Waals surface area contributed by atoms with Gasteiger partial charge < -0.3 is 5.11 Å². The molecule has 0 radical (unpaired) electrons. The molecule has 1 aliphatic rings. The van der Waals surface area contributed by atoms with Gasteiger partial charge in [0.2, 0.25) is 0 Å². The number of carboxylic acid groups (broad SMARTS) is 1. The number of benzene rings is 1. The van der Waals surface area contributed by atoms with Crippen LogP contribution in [-0.4, -0.2) is 23.8 Å². The predicted molar refractivity (Wildman–Crippen MR) is 72.4 cm³/mol. The molecule has 18 heavy (non-hydrogen) atoms. The molecule has 0 aliphatic carbocycles. The van der Waals surface area contributed by atoms with Crippen LogP contribution in [0.15, 0.2) is 53.6 Å². The first-order valence-electron chi connectivity index (χ1n) is 5.48. The minimum Gasteiger partial charge on any atom is -0.478 e. The van der Waals surface area contributed by atoms with Crippen molar-refractivity contribution in [3.63, 3.8) is 0 Å². The van der Waals surface area contributed by atoms with Gasteiger partial charge in [0.15, 0.2) is 0 Å². The number of dihydropyridines is 1. The molecule has 1 N–H and O–H groups in total. The fraction of sp³-hybridized carbons (Fsp3) is 0.143. The van der Waals surface area contributed by atoms with Gasteiger partial charge in [0, 0.05) is 17.3 Å². The molecule has 0 spiro atoms. The Kier molecular flexibility index (Phi) is 3.63. The van der Waals surface area contributed by atoms with Gasteiger partial charge in [-0.15, -0.1) is 0 Å². The molecule has 3 nitrogen and oxygen atoms in total. The molecule has 1 atom stereocenters. The SMILES string of the molecule is O=C(O)/C=C/C1(c2cccc(Cl)c2)C=CC=NC1. The third kappa shape index (κ3) is 2.68. The summed E-state index contributed by atoms with van der Waals surface area (Å²) in [5, 5.41) is 9.41. The van der Waals surface area contributed by atoms with Crippen molar-refractivity contribution in [1.82, 2.24) is 0 Å². The van der Waals surface area contributed by atoms with Crippen molar-refractivity contribution in [2.75, 3.05) is 6.54 Å². The Morgan fingerprint density at radius 2 is 2.33 bits per heavy atom. The minimum atomic E-state index is -0.973. The summed E-state index contributed by atoms with van der Waals surface area (Å²) in [5.41, 5.74) is 0.401. The fourth-order valence-corrected chi connectivity index (χ4v) is 2.11. The van der Waals surface area contributed by atoms with Crippen molar-refractivity contribution in [3.8, 4) is 0 Å². The molecule has 1 aromatic rings. The van der Waals surface area contributed by atoms with Gasteiger partial charge in [-0.3, -0.25) is 4.99 Å². The second kappa shape index (κ2) is 5.19. The second-order valence-corrected chi connectivity index (χ2v) is 4.51. The van der Waals surface area contributed by atoms with Crippen molar-refractivity contribution in [3.05, 3.63) is 59.2 Å². The van der Waals surface area contributed by atoms with Gasteiger partial charge in [0.25, 0.3) is 0 Å². The molecular formula is C14H12ClNO2. The lowest BCUT2D eigenvalue weighted by Gasteiger charge is -2.27. The first-order valence-corrected chi connectivity index (χ1v) is 5.86. The normalized spacial score (nSPS) is 22.5. The summed E-state index contributed by atoms with van der Waals surface area (Å²) < 4.78 is 0. The van der Waals surface area contributed by atoms with E-state index in [1.807, 2.05) is 30.4 Å². The van der Waals surface area contributed by atoms with Gasteiger partial charge >= 0.3 is 5.97 Å². The van der Waals surface area contributed by atoms with E-state index in [1.54, 1.807) is 18.4 Å². The third-order valence-electron chi connectivity index (χ3n) is 2.82. The van der Waals surface area contributed by atoms with Crippen LogP contribution in [0, 0.1) is 0 Å². The molecule has 0 aromatic heterocycles. The Bertz CT molecular complexity index is 548. The number of rotatable bonds is 3. The van der Waals surface area contributed by atoms with Gasteiger partial charge in [-0.1, -0.05) is 35.9 Å². The number of allylic oxidation sites excluding steroid dienone is 1. The topological polar surface area (TPSA) is 49.7 Å². The lowest BCUT2D eigenvalue weighted by atomic mass is 9.79. The number of aliphatic carboxylic acids is 1. The number of carbonyl (C=O) groups is 1. The molecule has 92 valence electrons. The van der Waals surface area contributed by atoms with E-state index in [0.717, 1.165) is 11.6 Å². The Morgan fingerprint density at radius 3 is 2.94 bits per heavy atom. The molecule has 1 heterocycles. The second-order valence-electron chi connectivity index (χ2n) is 4.07. The standard InChI is InChI=1S/C14H12ClNO2/c15-12-4-1-3-11(9-12)14(7-5-13(17)18)6-2-8-16-10-14/h1-9H,10H2,(H,17,18)/b7-5+. The van der Waals surface area contributed by atoms with Crippen molar-refractivity contribution in [2.45, 2.75) is 5.41 Å². The number of hydrogen-bond acceptors (Lipinski definition) is 2. The van der Waals surface area contributed by atoms with Gasteiger partial charge in [0.1, 0.15) is 0 Å². The van der Waals surface area contributed by atoms with Crippen LogP contribution in [0.3, 0.4) is 0 Å². The van der Waals surface area contributed by atoms with E-state index in [9.17, 15) is 4.79 Å². The largest absolute Gasteiger partial charge is 0.478 e. The van der Waals surface area contributed by atoms with Crippen molar-refractivity contribution in [2.24, 2.45) is 4.99 Å². The summed E-state index contributed by atoms with van der Waals surface area (Å²) in [7, 11) is 0. The minimum absolute atomic E-state index is 0.480. The van der Waals surface area contributed by atoms with E-state index in [1.165, 1.54) is 0 Å². The molecule has 0 saturated heterocycles. The molecule has 4 heteroatoms.